The fourth-order valence-corrected chi connectivity index (χ4v) is 0.917. The van der Waals surface area contributed by atoms with E-state index in [0.717, 1.165) is 0 Å². The summed E-state index contributed by atoms with van der Waals surface area (Å²) in [5.74, 6) is 0.534. The maximum Gasteiger partial charge on any atom is 0.260 e. The molecule has 76 valence electrons. The molecule has 0 aromatic carbocycles. The number of nitrogens with two attached hydrogens (primary N) is 1. The first kappa shape index (κ1) is 10.2. The van der Waals surface area contributed by atoms with E-state index < -0.39 is 5.91 Å². The van der Waals surface area contributed by atoms with Gasteiger partial charge < -0.3 is 15.2 Å². The van der Waals surface area contributed by atoms with Crippen LogP contribution in [0.25, 0.3) is 0 Å². The number of amides is 1. The lowest BCUT2D eigenvalue weighted by molar-refractivity contribution is -0.117. The molecule has 0 aliphatic heterocycles. The van der Waals surface area contributed by atoms with Crippen molar-refractivity contribution in [3.8, 4) is 11.6 Å². The van der Waals surface area contributed by atoms with E-state index in [9.17, 15) is 4.79 Å². The maximum atomic E-state index is 10.6. The van der Waals surface area contributed by atoms with Gasteiger partial charge in [-0.3, -0.25) is 4.79 Å². The van der Waals surface area contributed by atoms with E-state index in [2.05, 4.69) is 9.97 Å². The molecule has 0 aliphatic rings. The van der Waals surface area contributed by atoms with Crippen molar-refractivity contribution in [1.29, 1.82) is 0 Å². The van der Waals surface area contributed by atoms with E-state index >= 15 is 0 Å². The molecule has 0 atom stereocenters. The van der Waals surface area contributed by atoms with Crippen LogP contribution in [0.5, 0.6) is 11.6 Å². The second-order valence-corrected chi connectivity index (χ2v) is 2.51. The largest absolute Gasteiger partial charge is 0.490 e. The Labute approximate surface area is 81.1 Å². The highest BCUT2D eigenvalue weighted by molar-refractivity contribution is 5.75. The summed E-state index contributed by atoms with van der Waals surface area (Å²) < 4.78 is 9.86. The van der Waals surface area contributed by atoms with Gasteiger partial charge in [-0.05, 0) is 0 Å². The number of methoxy groups -OCH3 is 2. The highest BCUT2D eigenvalue weighted by Crippen LogP contribution is 2.21. The van der Waals surface area contributed by atoms with E-state index in [4.69, 9.17) is 15.2 Å². The van der Waals surface area contributed by atoms with Crippen LogP contribution in [0.15, 0.2) is 6.20 Å². The first-order valence-electron chi connectivity index (χ1n) is 3.89. The number of carbonyl (C=O) groups is 1. The summed E-state index contributed by atoms with van der Waals surface area (Å²) in [7, 11) is 2.94. The third-order valence-corrected chi connectivity index (χ3v) is 1.52. The molecule has 1 aromatic rings. The second-order valence-electron chi connectivity index (χ2n) is 2.51. The molecular formula is C8H11N3O3. The van der Waals surface area contributed by atoms with Crippen LogP contribution in [-0.4, -0.2) is 30.1 Å². The van der Waals surface area contributed by atoms with Crippen molar-refractivity contribution < 1.29 is 14.3 Å². The Morgan fingerprint density at radius 1 is 1.50 bits per heavy atom. The average Bonchev–Trinajstić information content (AvgIpc) is 2.16. The lowest BCUT2D eigenvalue weighted by Crippen LogP contribution is -2.15. The van der Waals surface area contributed by atoms with Crippen molar-refractivity contribution in [2.24, 2.45) is 5.73 Å². The third kappa shape index (κ3) is 2.32. The molecule has 0 radical (unpaired) electrons. The van der Waals surface area contributed by atoms with Crippen molar-refractivity contribution in [3.63, 3.8) is 0 Å². The number of rotatable bonds is 4. The summed E-state index contributed by atoms with van der Waals surface area (Å²) >= 11 is 0. The smallest absolute Gasteiger partial charge is 0.260 e. The van der Waals surface area contributed by atoms with Gasteiger partial charge in [0.2, 0.25) is 5.91 Å². The summed E-state index contributed by atoms with van der Waals surface area (Å²) in [6.07, 6.45) is 1.42. The van der Waals surface area contributed by atoms with Gasteiger partial charge in [-0.25, -0.2) is 4.98 Å². The Balaban J connectivity index is 2.95. The van der Waals surface area contributed by atoms with Crippen molar-refractivity contribution in [3.05, 3.63) is 12.0 Å². The van der Waals surface area contributed by atoms with Crippen LogP contribution in [-0.2, 0) is 11.2 Å². The van der Waals surface area contributed by atoms with Crippen LogP contribution in [0.2, 0.25) is 0 Å². The maximum absolute atomic E-state index is 10.6. The van der Waals surface area contributed by atoms with Gasteiger partial charge in [0, 0.05) is 0 Å². The Morgan fingerprint density at radius 2 is 2.21 bits per heavy atom. The van der Waals surface area contributed by atoms with Crippen LogP contribution >= 0.6 is 0 Å². The van der Waals surface area contributed by atoms with E-state index in [1.54, 1.807) is 0 Å². The molecule has 2 N–H and O–H groups in total. The standard InChI is InChI=1S/C8H11N3O3/c1-13-5-4-10-7(3-6(9)12)11-8(5)14-2/h4H,3H2,1-2H3,(H2,9,12). The number of nitrogens with zero attached hydrogens (tertiary/aromatic N) is 2. The lowest BCUT2D eigenvalue weighted by Gasteiger charge is -2.06. The minimum Gasteiger partial charge on any atom is -0.490 e. The Hall–Kier alpha value is -1.85. The predicted octanol–water partition coefficient (Wildman–Crippen LogP) is -0.478. The molecule has 14 heavy (non-hydrogen) atoms. The topological polar surface area (TPSA) is 87.3 Å². The van der Waals surface area contributed by atoms with Gasteiger partial charge in [0.05, 0.1) is 26.8 Å². The number of hydrogen-bond donors (Lipinski definition) is 1. The zero-order chi connectivity index (χ0) is 10.6. The molecule has 1 heterocycles. The molecule has 6 heteroatoms. The monoisotopic (exact) mass is 197 g/mol. The number of aromatic nitrogens is 2. The van der Waals surface area contributed by atoms with E-state index in [1.807, 2.05) is 0 Å². The van der Waals surface area contributed by atoms with E-state index in [-0.39, 0.29) is 6.42 Å². The molecular weight excluding hydrogens is 186 g/mol. The van der Waals surface area contributed by atoms with Crippen LogP contribution in [0.3, 0.4) is 0 Å². The van der Waals surface area contributed by atoms with E-state index in [1.165, 1.54) is 20.4 Å². The molecule has 0 fully saturated rings. The zero-order valence-electron chi connectivity index (χ0n) is 7.98. The van der Waals surface area contributed by atoms with Gasteiger partial charge in [-0.1, -0.05) is 0 Å². The normalized spacial score (nSPS) is 9.57. The summed E-state index contributed by atoms with van der Waals surface area (Å²) in [5.41, 5.74) is 5.00. The summed E-state index contributed by atoms with van der Waals surface area (Å²) in [6.45, 7) is 0. The molecule has 0 saturated heterocycles. The molecule has 0 unspecified atom stereocenters. The van der Waals surface area contributed by atoms with Gasteiger partial charge in [0.1, 0.15) is 5.82 Å². The number of primary amides is 1. The van der Waals surface area contributed by atoms with Crippen LogP contribution in [0.1, 0.15) is 5.82 Å². The van der Waals surface area contributed by atoms with Crippen molar-refractivity contribution in [2.75, 3.05) is 14.2 Å². The number of ether oxygens (including phenoxy) is 2. The van der Waals surface area contributed by atoms with Gasteiger partial charge in [0.15, 0.2) is 5.75 Å². The molecule has 1 rings (SSSR count). The molecule has 6 nitrogen and oxygen atoms in total. The summed E-state index contributed by atoms with van der Waals surface area (Å²) in [6, 6.07) is 0. The van der Waals surface area contributed by atoms with Gasteiger partial charge in [-0.2, -0.15) is 4.98 Å². The fraction of sp³-hybridized carbons (Fsp3) is 0.375. The Kier molecular flexibility index (Phi) is 3.22. The minimum absolute atomic E-state index is 0.0135. The van der Waals surface area contributed by atoms with Gasteiger partial charge in [0.25, 0.3) is 5.88 Å². The SMILES string of the molecule is COc1cnc(CC(N)=O)nc1OC. The number of carbonyl (C=O) groups excluding carboxylic acids is 1. The quantitative estimate of drug-likeness (QED) is 0.704. The molecule has 1 amide bonds. The lowest BCUT2D eigenvalue weighted by atomic mass is 10.4. The molecule has 1 aromatic heterocycles. The second kappa shape index (κ2) is 4.40. The third-order valence-electron chi connectivity index (χ3n) is 1.52. The average molecular weight is 197 g/mol. The Morgan fingerprint density at radius 3 is 2.71 bits per heavy atom. The van der Waals surface area contributed by atoms with Crippen LogP contribution in [0, 0.1) is 0 Å². The van der Waals surface area contributed by atoms with Gasteiger partial charge >= 0.3 is 0 Å². The van der Waals surface area contributed by atoms with Crippen molar-refractivity contribution in [1.82, 2.24) is 9.97 Å². The molecule has 0 spiro atoms. The summed E-state index contributed by atoms with van der Waals surface area (Å²) in [5, 5.41) is 0. The fourth-order valence-electron chi connectivity index (χ4n) is 0.917. The first-order chi connectivity index (χ1) is 6.67. The molecule has 0 bridgehead atoms. The highest BCUT2D eigenvalue weighted by Gasteiger charge is 2.09. The Bertz CT molecular complexity index is 341. The number of hydrogen-bond acceptors (Lipinski definition) is 5. The zero-order valence-corrected chi connectivity index (χ0v) is 7.98. The summed E-state index contributed by atoms with van der Waals surface area (Å²) in [4.78, 5) is 18.4. The molecule has 0 saturated carbocycles. The predicted molar refractivity (Wildman–Crippen MR) is 48.0 cm³/mol. The van der Waals surface area contributed by atoms with Gasteiger partial charge in [-0.15, -0.1) is 0 Å². The molecule has 0 aliphatic carbocycles. The van der Waals surface area contributed by atoms with E-state index in [0.29, 0.717) is 17.5 Å². The minimum atomic E-state index is -0.489. The van der Waals surface area contributed by atoms with Crippen LogP contribution in [0.4, 0.5) is 0 Å². The van der Waals surface area contributed by atoms with Crippen molar-refractivity contribution in [2.45, 2.75) is 6.42 Å². The first-order valence-corrected chi connectivity index (χ1v) is 3.89. The highest BCUT2D eigenvalue weighted by atomic mass is 16.5. The van der Waals surface area contributed by atoms with Crippen molar-refractivity contribution >= 4 is 5.91 Å². The van der Waals surface area contributed by atoms with Crippen LogP contribution < -0.4 is 15.2 Å².